The second-order valence-corrected chi connectivity index (χ2v) is 3.88. The molecule has 0 aromatic heterocycles. The number of carbonyl (C=O) groups is 1. The van der Waals surface area contributed by atoms with Gasteiger partial charge in [-0.1, -0.05) is 30.3 Å². The summed E-state index contributed by atoms with van der Waals surface area (Å²) in [6.07, 6.45) is 1.51. The largest absolute Gasteiger partial charge is 0.466 e. The van der Waals surface area contributed by atoms with Crippen LogP contribution in [0.25, 0.3) is 0 Å². The molecule has 0 spiro atoms. The average molecular weight is 250 g/mol. The Bertz CT molecular complexity index is 384. The van der Waals surface area contributed by atoms with Crippen LogP contribution in [0.3, 0.4) is 0 Å². The van der Waals surface area contributed by atoms with Gasteiger partial charge in [0.2, 0.25) is 0 Å². The Hall–Kier alpha value is -1.65. The Labute approximate surface area is 107 Å². The van der Waals surface area contributed by atoms with E-state index in [4.69, 9.17) is 4.74 Å². The second kappa shape index (κ2) is 7.63. The van der Waals surface area contributed by atoms with Gasteiger partial charge in [0, 0.05) is 6.08 Å². The lowest BCUT2D eigenvalue weighted by Gasteiger charge is -2.17. The molecule has 1 rings (SSSR count). The van der Waals surface area contributed by atoms with Crippen molar-refractivity contribution in [2.45, 2.75) is 25.7 Å². The number of esters is 1. The molecule has 0 heterocycles. The Kier molecular flexibility index (Phi) is 6.11. The van der Waals surface area contributed by atoms with Crippen molar-refractivity contribution in [3.8, 4) is 0 Å². The molecule has 1 aromatic rings. The lowest BCUT2D eigenvalue weighted by atomic mass is 10.2. The minimum Gasteiger partial charge on any atom is -0.466 e. The van der Waals surface area contributed by atoms with Crippen molar-refractivity contribution in [3.63, 3.8) is 0 Å². The van der Waals surface area contributed by atoms with Crippen LogP contribution in [0, 0.1) is 0 Å². The normalized spacial score (nSPS) is 14.4. The van der Waals surface area contributed by atoms with Crippen molar-refractivity contribution in [2.24, 2.45) is 0 Å². The van der Waals surface area contributed by atoms with E-state index in [9.17, 15) is 9.90 Å². The fourth-order valence-corrected chi connectivity index (χ4v) is 1.36. The lowest BCUT2D eigenvalue weighted by molar-refractivity contribution is -0.134. The minimum atomic E-state index is -0.699. The third-order valence-electron chi connectivity index (χ3n) is 2.38. The summed E-state index contributed by atoms with van der Waals surface area (Å²) >= 11 is 0. The summed E-state index contributed by atoms with van der Waals surface area (Å²) in [6.45, 7) is 1.99. The highest BCUT2D eigenvalue weighted by molar-refractivity contribution is 5.81. The summed E-state index contributed by atoms with van der Waals surface area (Å²) in [5.41, 5.74) is 1.01. The molecule has 4 nitrogen and oxygen atoms in total. The highest BCUT2D eigenvalue weighted by atomic mass is 16.5. The zero-order valence-electron chi connectivity index (χ0n) is 10.6. The van der Waals surface area contributed by atoms with Gasteiger partial charge in [-0.15, -0.1) is 0 Å². The van der Waals surface area contributed by atoms with Gasteiger partial charge in [0.1, 0.15) is 6.10 Å². The first kappa shape index (κ1) is 14.4. The van der Waals surface area contributed by atoms with Crippen LogP contribution in [-0.2, 0) is 20.9 Å². The predicted octanol–water partition coefficient (Wildman–Crippen LogP) is 1.68. The van der Waals surface area contributed by atoms with Gasteiger partial charge in [0.05, 0.1) is 19.8 Å². The van der Waals surface area contributed by atoms with Crippen LogP contribution in [0.1, 0.15) is 12.5 Å². The maximum absolute atomic E-state index is 11.0. The first-order valence-corrected chi connectivity index (χ1v) is 5.73. The molecule has 1 aromatic carbocycles. The van der Waals surface area contributed by atoms with Crippen molar-refractivity contribution < 1.29 is 19.4 Å². The summed E-state index contributed by atoms with van der Waals surface area (Å²) < 4.78 is 10.0. The Morgan fingerprint density at radius 3 is 2.61 bits per heavy atom. The van der Waals surface area contributed by atoms with E-state index in [2.05, 4.69) is 4.74 Å². The standard InChI is InChI=1S/C14H18O4/c1-11(15)13(8-9-14(16)17-2)18-10-12-6-4-3-5-7-12/h3-9,11,13,15H,10H2,1-2H3/b9-8-/t11-,13+/m1/s1. The quantitative estimate of drug-likeness (QED) is 0.616. The number of carbonyl (C=O) groups excluding carboxylic acids is 1. The van der Waals surface area contributed by atoms with Gasteiger partial charge in [-0.2, -0.15) is 0 Å². The van der Waals surface area contributed by atoms with E-state index in [0.29, 0.717) is 6.61 Å². The van der Waals surface area contributed by atoms with Crippen molar-refractivity contribution in [1.29, 1.82) is 0 Å². The van der Waals surface area contributed by atoms with Gasteiger partial charge in [-0.05, 0) is 18.6 Å². The molecule has 2 atom stereocenters. The molecule has 0 fully saturated rings. The maximum Gasteiger partial charge on any atom is 0.330 e. The number of hydrogen-bond donors (Lipinski definition) is 1. The van der Waals surface area contributed by atoms with E-state index in [1.165, 1.54) is 19.3 Å². The molecular weight excluding hydrogens is 232 g/mol. The monoisotopic (exact) mass is 250 g/mol. The molecule has 18 heavy (non-hydrogen) atoms. The Balaban J connectivity index is 2.53. The van der Waals surface area contributed by atoms with E-state index in [1.54, 1.807) is 6.92 Å². The van der Waals surface area contributed by atoms with Crippen molar-refractivity contribution in [2.75, 3.05) is 7.11 Å². The van der Waals surface area contributed by atoms with E-state index in [-0.39, 0.29) is 0 Å². The van der Waals surface area contributed by atoms with Crippen LogP contribution in [-0.4, -0.2) is 30.4 Å². The summed E-state index contributed by atoms with van der Waals surface area (Å²) in [4.78, 5) is 11.0. The zero-order chi connectivity index (χ0) is 13.4. The molecule has 0 aliphatic rings. The third-order valence-corrected chi connectivity index (χ3v) is 2.38. The van der Waals surface area contributed by atoms with E-state index >= 15 is 0 Å². The topological polar surface area (TPSA) is 55.8 Å². The number of benzene rings is 1. The molecule has 1 N–H and O–H groups in total. The van der Waals surface area contributed by atoms with Gasteiger partial charge in [-0.25, -0.2) is 4.79 Å². The summed E-state index contributed by atoms with van der Waals surface area (Å²) in [5, 5.41) is 9.55. The highest BCUT2D eigenvalue weighted by Gasteiger charge is 2.12. The van der Waals surface area contributed by atoms with E-state index < -0.39 is 18.2 Å². The number of methoxy groups -OCH3 is 1. The number of hydrogen-bond acceptors (Lipinski definition) is 4. The van der Waals surface area contributed by atoms with Crippen molar-refractivity contribution in [1.82, 2.24) is 0 Å². The molecular formula is C14H18O4. The van der Waals surface area contributed by atoms with Crippen LogP contribution in [0.4, 0.5) is 0 Å². The molecule has 0 unspecified atom stereocenters. The molecule has 0 radical (unpaired) electrons. The third kappa shape index (κ3) is 5.12. The summed E-state index contributed by atoms with van der Waals surface area (Å²) in [6, 6.07) is 9.62. The fraction of sp³-hybridized carbons (Fsp3) is 0.357. The van der Waals surface area contributed by atoms with Gasteiger partial charge in [-0.3, -0.25) is 0 Å². The van der Waals surface area contributed by atoms with Crippen LogP contribution < -0.4 is 0 Å². The highest BCUT2D eigenvalue weighted by Crippen LogP contribution is 2.07. The molecule has 0 saturated heterocycles. The maximum atomic E-state index is 11.0. The minimum absolute atomic E-state index is 0.377. The number of aliphatic hydroxyl groups is 1. The van der Waals surface area contributed by atoms with Crippen LogP contribution >= 0.6 is 0 Å². The van der Waals surface area contributed by atoms with Crippen LogP contribution in [0.5, 0.6) is 0 Å². The molecule has 0 bridgehead atoms. The van der Waals surface area contributed by atoms with E-state index in [0.717, 1.165) is 5.56 Å². The van der Waals surface area contributed by atoms with Gasteiger partial charge in [0.15, 0.2) is 0 Å². The average Bonchev–Trinajstić information content (AvgIpc) is 2.39. The van der Waals surface area contributed by atoms with Crippen LogP contribution in [0.15, 0.2) is 42.5 Å². The Morgan fingerprint density at radius 1 is 1.39 bits per heavy atom. The van der Waals surface area contributed by atoms with E-state index in [1.807, 2.05) is 30.3 Å². The summed E-state index contributed by atoms with van der Waals surface area (Å²) in [5.74, 6) is -0.469. The number of rotatable bonds is 6. The van der Waals surface area contributed by atoms with Gasteiger partial charge < -0.3 is 14.6 Å². The van der Waals surface area contributed by atoms with Gasteiger partial charge >= 0.3 is 5.97 Å². The summed E-state index contributed by atoms with van der Waals surface area (Å²) in [7, 11) is 1.30. The zero-order valence-corrected chi connectivity index (χ0v) is 10.6. The first-order chi connectivity index (χ1) is 8.63. The molecule has 4 heteroatoms. The molecule has 98 valence electrons. The van der Waals surface area contributed by atoms with Crippen LogP contribution in [0.2, 0.25) is 0 Å². The second-order valence-electron chi connectivity index (χ2n) is 3.88. The predicted molar refractivity (Wildman–Crippen MR) is 67.9 cm³/mol. The van der Waals surface area contributed by atoms with Gasteiger partial charge in [0.25, 0.3) is 0 Å². The molecule has 0 saturated carbocycles. The molecule has 0 amide bonds. The smallest absolute Gasteiger partial charge is 0.330 e. The molecule has 0 aliphatic carbocycles. The fourth-order valence-electron chi connectivity index (χ4n) is 1.36. The van der Waals surface area contributed by atoms with Crippen molar-refractivity contribution >= 4 is 5.97 Å². The molecule has 0 aliphatic heterocycles. The Morgan fingerprint density at radius 2 is 2.06 bits per heavy atom. The SMILES string of the molecule is COC(=O)/C=C\[C@H](OCc1ccccc1)[C@@H](C)O. The number of ether oxygens (including phenoxy) is 2. The van der Waals surface area contributed by atoms with Crippen molar-refractivity contribution in [3.05, 3.63) is 48.0 Å². The first-order valence-electron chi connectivity index (χ1n) is 5.73. The number of aliphatic hydroxyl groups excluding tert-OH is 1. The lowest BCUT2D eigenvalue weighted by Crippen LogP contribution is -2.24.